The van der Waals surface area contributed by atoms with Crippen molar-refractivity contribution in [1.29, 1.82) is 0 Å². The standard InChI is InChI=1S/C13H18ClN3O/c1-16(2)10-4-7-17(8-5-10)13(18)11-9-15-6-3-12(11)14/h3,6,9-10H,4-5,7-8H2,1-2H3. The van der Waals surface area contributed by atoms with E-state index in [9.17, 15) is 4.79 Å². The molecule has 2 rings (SSSR count). The molecule has 0 aliphatic carbocycles. The molecule has 5 heteroatoms. The van der Waals surface area contributed by atoms with Crippen LogP contribution in [0.1, 0.15) is 23.2 Å². The monoisotopic (exact) mass is 267 g/mol. The average molecular weight is 268 g/mol. The van der Waals surface area contributed by atoms with E-state index in [0.717, 1.165) is 25.9 Å². The van der Waals surface area contributed by atoms with Gasteiger partial charge < -0.3 is 9.80 Å². The largest absolute Gasteiger partial charge is 0.338 e. The van der Waals surface area contributed by atoms with Crippen molar-refractivity contribution < 1.29 is 4.79 Å². The molecule has 1 aliphatic heterocycles. The number of carbonyl (C=O) groups is 1. The minimum absolute atomic E-state index is 0.00898. The number of carbonyl (C=O) groups excluding carboxylic acids is 1. The lowest BCUT2D eigenvalue weighted by Gasteiger charge is -2.35. The van der Waals surface area contributed by atoms with Crippen LogP contribution in [0.2, 0.25) is 5.02 Å². The van der Waals surface area contributed by atoms with Gasteiger partial charge in [0.2, 0.25) is 0 Å². The molecule has 18 heavy (non-hydrogen) atoms. The summed E-state index contributed by atoms with van der Waals surface area (Å²) in [5, 5.41) is 0.477. The summed E-state index contributed by atoms with van der Waals surface area (Å²) in [6.45, 7) is 1.57. The van der Waals surface area contributed by atoms with Gasteiger partial charge >= 0.3 is 0 Å². The highest BCUT2D eigenvalue weighted by atomic mass is 35.5. The van der Waals surface area contributed by atoms with Gasteiger partial charge in [-0.2, -0.15) is 0 Å². The van der Waals surface area contributed by atoms with Gasteiger partial charge in [0.25, 0.3) is 5.91 Å². The lowest BCUT2D eigenvalue weighted by molar-refractivity contribution is 0.0663. The van der Waals surface area contributed by atoms with E-state index < -0.39 is 0 Å². The quantitative estimate of drug-likeness (QED) is 0.821. The number of amides is 1. The summed E-state index contributed by atoms with van der Waals surface area (Å²) in [4.78, 5) is 20.3. The highest BCUT2D eigenvalue weighted by Gasteiger charge is 2.25. The normalized spacial score (nSPS) is 17.2. The van der Waals surface area contributed by atoms with Crippen LogP contribution in [0.25, 0.3) is 0 Å². The average Bonchev–Trinajstić information content (AvgIpc) is 2.38. The van der Waals surface area contributed by atoms with E-state index in [4.69, 9.17) is 11.6 Å². The van der Waals surface area contributed by atoms with Crippen LogP contribution in [-0.4, -0.2) is 53.9 Å². The molecule has 1 amide bonds. The Bertz CT molecular complexity index is 428. The summed E-state index contributed by atoms with van der Waals surface area (Å²) in [6.07, 6.45) is 5.16. The van der Waals surface area contributed by atoms with Crippen molar-refractivity contribution in [3.05, 3.63) is 29.0 Å². The topological polar surface area (TPSA) is 36.4 Å². The van der Waals surface area contributed by atoms with Crippen LogP contribution < -0.4 is 0 Å². The van der Waals surface area contributed by atoms with Gasteiger partial charge in [-0.1, -0.05) is 11.6 Å². The minimum atomic E-state index is -0.00898. The highest BCUT2D eigenvalue weighted by molar-refractivity contribution is 6.33. The summed E-state index contributed by atoms with van der Waals surface area (Å²) in [5.74, 6) is -0.00898. The van der Waals surface area contributed by atoms with Crippen molar-refractivity contribution in [2.45, 2.75) is 18.9 Å². The number of rotatable bonds is 2. The van der Waals surface area contributed by atoms with Gasteiger partial charge in [-0.3, -0.25) is 9.78 Å². The molecular formula is C13H18ClN3O. The third kappa shape index (κ3) is 2.82. The molecule has 0 radical (unpaired) electrons. The van der Waals surface area contributed by atoms with Gasteiger partial charge in [-0.25, -0.2) is 0 Å². The maximum atomic E-state index is 12.3. The van der Waals surface area contributed by atoms with Crippen molar-refractivity contribution in [3.63, 3.8) is 0 Å². The minimum Gasteiger partial charge on any atom is -0.338 e. The van der Waals surface area contributed by atoms with Gasteiger partial charge in [-0.05, 0) is 33.0 Å². The summed E-state index contributed by atoms with van der Waals surface area (Å²) in [7, 11) is 4.17. The Morgan fingerprint density at radius 1 is 1.44 bits per heavy atom. The van der Waals surface area contributed by atoms with Gasteiger partial charge in [-0.15, -0.1) is 0 Å². The van der Waals surface area contributed by atoms with Crippen LogP contribution in [0.15, 0.2) is 18.5 Å². The second-order valence-electron chi connectivity index (χ2n) is 4.84. The molecular weight excluding hydrogens is 250 g/mol. The summed E-state index contributed by atoms with van der Waals surface area (Å²) < 4.78 is 0. The molecule has 0 spiro atoms. The van der Waals surface area contributed by atoms with E-state index >= 15 is 0 Å². The molecule has 0 unspecified atom stereocenters. The molecule has 4 nitrogen and oxygen atoms in total. The molecule has 0 bridgehead atoms. The number of hydrogen-bond donors (Lipinski definition) is 0. The Labute approximate surface area is 113 Å². The van der Waals surface area contributed by atoms with Crippen LogP contribution >= 0.6 is 11.6 Å². The van der Waals surface area contributed by atoms with Gasteiger partial charge in [0, 0.05) is 31.5 Å². The summed E-state index contributed by atoms with van der Waals surface area (Å²) >= 11 is 6.02. The summed E-state index contributed by atoms with van der Waals surface area (Å²) in [6, 6.07) is 2.22. The fourth-order valence-corrected chi connectivity index (χ4v) is 2.48. The first-order chi connectivity index (χ1) is 8.59. The maximum Gasteiger partial charge on any atom is 0.256 e. The summed E-state index contributed by atoms with van der Waals surface area (Å²) in [5.41, 5.74) is 0.502. The zero-order chi connectivity index (χ0) is 13.1. The number of aromatic nitrogens is 1. The van der Waals surface area contributed by atoms with Crippen LogP contribution in [0.5, 0.6) is 0 Å². The van der Waals surface area contributed by atoms with E-state index in [2.05, 4.69) is 24.0 Å². The smallest absolute Gasteiger partial charge is 0.256 e. The number of hydrogen-bond acceptors (Lipinski definition) is 3. The van der Waals surface area contributed by atoms with Crippen LogP contribution in [0, 0.1) is 0 Å². The molecule has 1 saturated heterocycles. The second-order valence-corrected chi connectivity index (χ2v) is 5.25. The first kappa shape index (κ1) is 13.3. The third-order valence-corrected chi connectivity index (χ3v) is 3.81. The molecule has 1 aliphatic rings. The van der Waals surface area contributed by atoms with Crippen LogP contribution in [0.3, 0.4) is 0 Å². The van der Waals surface area contributed by atoms with Crippen molar-refractivity contribution >= 4 is 17.5 Å². The predicted molar refractivity (Wildman–Crippen MR) is 71.9 cm³/mol. The molecule has 1 aromatic heterocycles. The fourth-order valence-electron chi connectivity index (χ4n) is 2.29. The molecule has 2 heterocycles. The lowest BCUT2D eigenvalue weighted by Crippen LogP contribution is -2.44. The number of nitrogens with zero attached hydrogens (tertiary/aromatic N) is 3. The van der Waals surface area contributed by atoms with Crippen molar-refractivity contribution in [3.8, 4) is 0 Å². The first-order valence-corrected chi connectivity index (χ1v) is 6.52. The van der Waals surface area contributed by atoms with Gasteiger partial charge in [0.15, 0.2) is 0 Å². The number of piperidine rings is 1. The Morgan fingerprint density at radius 2 is 2.11 bits per heavy atom. The second kappa shape index (κ2) is 5.67. The molecule has 0 aromatic carbocycles. The van der Waals surface area contributed by atoms with Crippen molar-refractivity contribution in [2.24, 2.45) is 0 Å². The van der Waals surface area contributed by atoms with E-state index in [1.165, 1.54) is 0 Å². The Morgan fingerprint density at radius 3 is 2.67 bits per heavy atom. The third-order valence-electron chi connectivity index (χ3n) is 3.48. The molecule has 1 aromatic rings. The van der Waals surface area contributed by atoms with E-state index in [0.29, 0.717) is 16.6 Å². The highest BCUT2D eigenvalue weighted by Crippen LogP contribution is 2.20. The fraction of sp³-hybridized carbons (Fsp3) is 0.538. The maximum absolute atomic E-state index is 12.3. The van der Waals surface area contributed by atoms with Crippen molar-refractivity contribution in [1.82, 2.24) is 14.8 Å². The van der Waals surface area contributed by atoms with Gasteiger partial charge in [0.05, 0.1) is 10.6 Å². The molecule has 1 fully saturated rings. The number of likely N-dealkylation sites (tertiary alicyclic amines) is 1. The van der Waals surface area contributed by atoms with E-state index in [-0.39, 0.29) is 5.91 Å². The number of pyridine rings is 1. The Kier molecular flexibility index (Phi) is 4.19. The molecule has 98 valence electrons. The van der Waals surface area contributed by atoms with Crippen LogP contribution in [0.4, 0.5) is 0 Å². The van der Waals surface area contributed by atoms with Crippen LogP contribution in [-0.2, 0) is 0 Å². The number of halogens is 1. The molecule has 0 atom stereocenters. The SMILES string of the molecule is CN(C)C1CCN(C(=O)c2cnccc2Cl)CC1. The predicted octanol–water partition coefficient (Wildman–Crippen LogP) is 1.90. The zero-order valence-corrected chi connectivity index (χ0v) is 11.5. The Hall–Kier alpha value is -1.13. The lowest BCUT2D eigenvalue weighted by atomic mass is 10.0. The van der Waals surface area contributed by atoms with Gasteiger partial charge in [0.1, 0.15) is 0 Å². The Balaban J connectivity index is 2.02. The molecule has 0 saturated carbocycles. The van der Waals surface area contributed by atoms with E-state index in [1.54, 1.807) is 18.5 Å². The van der Waals surface area contributed by atoms with E-state index in [1.807, 2.05) is 4.90 Å². The van der Waals surface area contributed by atoms with Crippen molar-refractivity contribution in [2.75, 3.05) is 27.2 Å². The zero-order valence-electron chi connectivity index (χ0n) is 10.8. The first-order valence-electron chi connectivity index (χ1n) is 6.15. The molecule has 0 N–H and O–H groups in total.